The molecule has 0 fully saturated rings. The maximum absolute atomic E-state index is 13.7. The number of benzene rings is 2. The van der Waals surface area contributed by atoms with Crippen molar-refractivity contribution in [2.45, 2.75) is 19.1 Å². The highest BCUT2D eigenvalue weighted by molar-refractivity contribution is 7.92. The van der Waals surface area contributed by atoms with Gasteiger partial charge >= 0.3 is 6.18 Å². The molecule has 2 aromatic heterocycles. The second kappa shape index (κ2) is 10.6. The molecule has 3 heterocycles. The molecule has 5 N–H and O–H groups in total. The number of alkyl halides is 3. The van der Waals surface area contributed by atoms with Gasteiger partial charge < -0.3 is 20.9 Å². The lowest BCUT2D eigenvalue weighted by atomic mass is 9.99. The van der Waals surface area contributed by atoms with E-state index in [1.165, 1.54) is 11.6 Å². The topological polar surface area (TPSA) is 124 Å². The Kier molecular flexibility index (Phi) is 7.19. The van der Waals surface area contributed by atoms with Gasteiger partial charge in [-0.3, -0.25) is 4.72 Å². The van der Waals surface area contributed by atoms with Crippen LogP contribution in [0.15, 0.2) is 60.9 Å². The predicted molar refractivity (Wildman–Crippen MR) is 146 cm³/mol. The van der Waals surface area contributed by atoms with Crippen molar-refractivity contribution in [1.29, 1.82) is 0 Å². The van der Waals surface area contributed by atoms with E-state index >= 15 is 0 Å². The van der Waals surface area contributed by atoms with Crippen LogP contribution >= 0.6 is 0 Å². The molecule has 9 nitrogen and oxygen atoms in total. The third-order valence-electron chi connectivity index (χ3n) is 6.20. The fraction of sp³-hybridized carbons (Fsp3) is 0.231. The lowest BCUT2D eigenvalue weighted by Crippen LogP contribution is -2.19. The van der Waals surface area contributed by atoms with E-state index in [1.54, 1.807) is 24.3 Å². The Morgan fingerprint density at radius 3 is 2.69 bits per heavy atom. The van der Waals surface area contributed by atoms with E-state index in [1.807, 2.05) is 18.3 Å². The molecule has 0 atom stereocenters. The number of hydrogen-bond donors (Lipinski definition) is 5. The maximum atomic E-state index is 13.7. The lowest BCUT2D eigenvalue weighted by molar-refractivity contribution is -0.137. The largest absolute Gasteiger partial charge is 0.421 e. The van der Waals surface area contributed by atoms with Crippen LogP contribution in [-0.2, 0) is 22.7 Å². The standard InChI is InChI=1S/C26H26F3N7O2S/c1-39(37,38)36-22-5-3-2-4-17(22)13-32-24-21(26(27,28)29)15-33-25(35-24)34-18-6-7-23-19(12-18)20(14-31-23)16-8-10-30-11-9-16/h2-8,12,14-15,30-31,36H,9-11,13H2,1H3,(H2,32,33,34,35). The van der Waals surface area contributed by atoms with Gasteiger partial charge in [0.15, 0.2) is 0 Å². The molecule has 39 heavy (non-hydrogen) atoms. The molecule has 0 aliphatic carbocycles. The number of nitrogens with zero attached hydrogens (tertiary/aromatic N) is 2. The van der Waals surface area contributed by atoms with Crippen LogP contribution in [0.1, 0.15) is 23.1 Å². The average Bonchev–Trinajstić information content (AvgIpc) is 3.30. The molecule has 0 unspecified atom stereocenters. The van der Waals surface area contributed by atoms with Gasteiger partial charge in [-0.2, -0.15) is 18.2 Å². The van der Waals surface area contributed by atoms with Crippen molar-refractivity contribution in [3.63, 3.8) is 0 Å². The Bertz CT molecular complexity index is 1650. The molecule has 4 aromatic rings. The third kappa shape index (κ3) is 6.32. The lowest BCUT2D eigenvalue weighted by Gasteiger charge is -2.16. The molecule has 0 amide bonds. The minimum absolute atomic E-state index is 0.0226. The first-order valence-electron chi connectivity index (χ1n) is 12.1. The molecule has 0 saturated carbocycles. The number of anilines is 4. The summed E-state index contributed by atoms with van der Waals surface area (Å²) in [7, 11) is -3.58. The first kappa shape index (κ1) is 26.5. The highest BCUT2D eigenvalue weighted by atomic mass is 32.2. The van der Waals surface area contributed by atoms with E-state index in [0.717, 1.165) is 48.4 Å². The Morgan fingerprint density at radius 2 is 1.95 bits per heavy atom. The van der Waals surface area contributed by atoms with E-state index in [4.69, 9.17) is 0 Å². The molecular weight excluding hydrogens is 531 g/mol. The van der Waals surface area contributed by atoms with E-state index in [-0.39, 0.29) is 18.2 Å². The van der Waals surface area contributed by atoms with Crippen LogP contribution in [0.5, 0.6) is 0 Å². The van der Waals surface area contributed by atoms with Crippen molar-refractivity contribution in [3.8, 4) is 0 Å². The fourth-order valence-corrected chi connectivity index (χ4v) is 5.00. The molecule has 0 radical (unpaired) electrons. The van der Waals surface area contributed by atoms with Crippen LogP contribution < -0.4 is 20.7 Å². The summed E-state index contributed by atoms with van der Waals surface area (Å²) in [6.07, 6.45) is 2.01. The van der Waals surface area contributed by atoms with Gasteiger partial charge in [-0.05, 0) is 48.4 Å². The van der Waals surface area contributed by atoms with Gasteiger partial charge in [-0.1, -0.05) is 24.3 Å². The quantitative estimate of drug-likeness (QED) is 0.205. The van der Waals surface area contributed by atoms with Crippen molar-refractivity contribution in [1.82, 2.24) is 20.3 Å². The fourth-order valence-electron chi connectivity index (χ4n) is 4.40. The van der Waals surface area contributed by atoms with Gasteiger partial charge in [-0.15, -0.1) is 0 Å². The number of halogens is 3. The van der Waals surface area contributed by atoms with Crippen LogP contribution in [0.3, 0.4) is 0 Å². The Balaban J connectivity index is 1.42. The van der Waals surface area contributed by atoms with Gasteiger partial charge in [-0.25, -0.2) is 13.4 Å². The first-order valence-corrected chi connectivity index (χ1v) is 14.0. The van der Waals surface area contributed by atoms with Crippen molar-refractivity contribution in [2.75, 3.05) is 34.7 Å². The van der Waals surface area contributed by atoms with Gasteiger partial charge in [0.25, 0.3) is 0 Å². The predicted octanol–water partition coefficient (Wildman–Crippen LogP) is 5.08. The second-order valence-corrected chi connectivity index (χ2v) is 10.9. The van der Waals surface area contributed by atoms with Crippen molar-refractivity contribution in [2.24, 2.45) is 0 Å². The molecule has 0 bridgehead atoms. The highest BCUT2D eigenvalue weighted by Gasteiger charge is 2.35. The Hall–Kier alpha value is -4.10. The normalized spacial score (nSPS) is 14.2. The van der Waals surface area contributed by atoms with Crippen molar-refractivity contribution in [3.05, 3.63) is 77.6 Å². The SMILES string of the molecule is CS(=O)(=O)Nc1ccccc1CNc1nc(Nc2ccc3[nH]cc(C4=CCNCC4)c3c2)ncc1C(F)(F)F. The number of para-hydroxylation sites is 1. The number of aromatic nitrogens is 3. The summed E-state index contributed by atoms with van der Waals surface area (Å²) in [5, 5.41) is 9.98. The zero-order valence-electron chi connectivity index (χ0n) is 20.9. The number of sulfonamides is 1. The van der Waals surface area contributed by atoms with Crippen LogP contribution in [-0.4, -0.2) is 42.7 Å². The minimum Gasteiger partial charge on any atom is -0.365 e. The molecular formula is C26H26F3N7O2S. The van der Waals surface area contributed by atoms with Crippen molar-refractivity contribution < 1.29 is 21.6 Å². The number of aromatic amines is 1. The smallest absolute Gasteiger partial charge is 0.365 e. The maximum Gasteiger partial charge on any atom is 0.421 e. The monoisotopic (exact) mass is 557 g/mol. The summed E-state index contributed by atoms with van der Waals surface area (Å²) < 4.78 is 67.0. The average molecular weight is 558 g/mol. The van der Waals surface area contributed by atoms with Gasteiger partial charge in [0.1, 0.15) is 11.4 Å². The third-order valence-corrected chi connectivity index (χ3v) is 6.79. The minimum atomic E-state index is -4.70. The molecule has 2 aromatic carbocycles. The number of hydrogen-bond acceptors (Lipinski definition) is 7. The van der Waals surface area contributed by atoms with Gasteiger partial charge in [0.05, 0.1) is 11.9 Å². The molecule has 1 aliphatic heterocycles. The highest BCUT2D eigenvalue weighted by Crippen LogP contribution is 2.35. The molecule has 204 valence electrons. The summed E-state index contributed by atoms with van der Waals surface area (Å²) in [4.78, 5) is 11.3. The van der Waals surface area contributed by atoms with Crippen molar-refractivity contribution >= 4 is 49.6 Å². The molecule has 0 saturated heterocycles. The van der Waals surface area contributed by atoms with Crippen LogP contribution in [0, 0.1) is 0 Å². The van der Waals surface area contributed by atoms with Crippen LogP contribution in [0.25, 0.3) is 16.5 Å². The summed E-state index contributed by atoms with van der Waals surface area (Å²) in [5.74, 6) is -0.456. The summed E-state index contributed by atoms with van der Waals surface area (Å²) in [6, 6.07) is 12.0. The summed E-state index contributed by atoms with van der Waals surface area (Å²) in [6.45, 7) is 1.57. The number of nitrogens with one attached hydrogen (secondary N) is 5. The number of H-pyrrole nitrogens is 1. The summed E-state index contributed by atoms with van der Waals surface area (Å²) in [5.41, 5.74) is 3.52. The second-order valence-electron chi connectivity index (χ2n) is 9.11. The Labute approximate surface area is 223 Å². The van der Waals surface area contributed by atoms with Crippen LogP contribution in [0.4, 0.5) is 36.3 Å². The zero-order chi connectivity index (χ0) is 27.6. The first-order chi connectivity index (χ1) is 18.6. The number of rotatable bonds is 8. The van der Waals surface area contributed by atoms with Crippen LogP contribution in [0.2, 0.25) is 0 Å². The van der Waals surface area contributed by atoms with Gasteiger partial charge in [0, 0.05) is 47.6 Å². The Morgan fingerprint density at radius 1 is 1.13 bits per heavy atom. The van der Waals surface area contributed by atoms with E-state index < -0.39 is 27.6 Å². The molecule has 5 rings (SSSR count). The zero-order valence-corrected chi connectivity index (χ0v) is 21.7. The van der Waals surface area contributed by atoms with Gasteiger partial charge in [0.2, 0.25) is 16.0 Å². The molecule has 0 spiro atoms. The van der Waals surface area contributed by atoms with E-state index in [0.29, 0.717) is 11.3 Å². The number of fused-ring (bicyclic) bond motifs is 1. The molecule has 13 heteroatoms. The summed E-state index contributed by atoms with van der Waals surface area (Å²) >= 11 is 0. The van der Waals surface area contributed by atoms with E-state index in [9.17, 15) is 21.6 Å². The van der Waals surface area contributed by atoms with E-state index in [2.05, 4.69) is 41.7 Å². The molecule has 1 aliphatic rings.